The van der Waals surface area contributed by atoms with Crippen molar-refractivity contribution in [2.45, 2.75) is 32.5 Å². The summed E-state index contributed by atoms with van der Waals surface area (Å²) in [6.45, 7) is 7.36. The zero-order valence-electron chi connectivity index (χ0n) is 16.9. The number of carbonyl (C=O) groups excluding carboxylic acids is 1. The molecule has 3 heterocycles. The lowest BCUT2D eigenvalue weighted by molar-refractivity contribution is 0.0340. The minimum absolute atomic E-state index is 0.0227. The van der Waals surface area contributed by atoms with Crippen LogP contribution in [-0.4, -0.2) is 70.2 Å². The molecule has 0 radical (unpaired) electrons. The van der Waals surface area contributed by atoms with E-state index in [4.69, 9.17) is 4.74 Å². The molecule has 1 atom stereocenters. The second-order valence-corrected chi connectivity index (χ2v) is 7.90. The quantitative estimate of drug-likeness (QED) is 0.802. The molecule has 29 heavy (non-hydrogen) atoms. The fraction of sp³-hybridized carbons (Fsp3) is 0.571. The predicted molar refractivity (Wildman–Crippen MR) is 109 cm³/mol. The number of carbonyl (C=O) groups is 1. The molecule has 1 aromatic heterocycles. The van der Waals surface area contributed by atoms with Crippen LogP contribution in [0.4, 0.5) is 4.79 Å². The maximum Gasteiger partial charge on any atom is 0.317 e. The number of nitrogens with one attached hydrogen (secondary N) is 1. The number of likely N-dealkylation sites (tertiary alicyclic amines) is 1. The number of ether oxygens (including phenoxy) is 1. The highest BCUT2D eigenvalue weighted by atomic mass is 16.5. The van der Waals surface area contributed by atoms with Crippen molar-refractivity contribution in [3.05, 3.63) is 47.8 Å². The van der Waals surface area contributed by atoms with Crippen molar-refractivity contribution in [3.63, 3.8) is 0 Å². The lowest BCUT2D eigenvalue weighted by Crippen LogP contribution is -2.46. The normalized spacial score (nSPS) is 20.6. The van der Waals surface area contributed by atoms with Gasteiger partial charge in [-0.3, -0.25) is 9.58 Å². The van der Waals surface area contributed by atoms with Crippen molar-refractivity contribution < 1.29 is 9.53 Å². The van der Waals surface area contributed by atoms with E-state index in [0.29, 0.717) is 12.5 Å². The van der Waals surface area contributed by atoms with Crippen LogP contribution < -0.4 is 5.32 Å². The highest BCUT2D eigenvalue weighted by Gasteiger charge is 2.24. The third kappa shape index (κ3) is 5.55. The fourth-order valence-electron chi connectivity index (χ4n) is 4.16. The summed E-state index contributed by atoms with van der Waals surface area (Å²) in [4.78, 5) is 17.1. The second-order valence-electron chi connectivity index (χ2n) is 7.90. The van der Waals surface area contributed by atoms with Gasteiger partial charge in [0.1, 0.15) is 0 Å². The Kier molecular flexibility index (Phi) is 6.74. The molecular weight excluding hydrogens is 368 g/mol. The molecule has 2 saturated heterocycles. The third-order valence-electron chi connectivity index (χ3n) is 5.77. The van der Waals surface area contributed by atoms with Crippen molar-refractivity contribution in [2.75, 3.05) is 39.4 Å². The molecule has 2 aliphatic heterocycles. The van der Waals surface area contributed by atoms with E-state index in [1.165, 1.54) is 11.1 Å². The fourth-order valence-corrected chi connectivity index (χ4v) is 4.16. The van der Waals surface area contributed by atoms with E-state index in [2.05, 4.69) is 38.7 Å². The minimum Gasteiger partial charge on any atom is -0.379 e. The number of piperidine rings is 1. The summed E-state index contributed by atoms with van der Waals surface area (Å²) in [6, 6.07) is 8.40. The summed E-state index contributed by atoms with van der Waals surface area (Å²) in [5.41, 5.74) is 2.46. The summed E-state index contributed by atoms with van der Waals surface area (Å²) >= 11 is 0. The van der Waals surface area contributed by atoms with Gasteiger partial charge in [-0.25, -0.2) is 4.79 Å². The molecule has 2 amide bonds. The van der Waals surface area contributed by atoms with Gasteiger partial charge < -0.3 is 15.0 Å². The molecule has 0 spiro atoms. The largest absolute Gasteiger partial charge is 0.379 e. The zero-order chi connectivity index (χ0) is 19.9. The number of benzene rings is 1. The minimum atomic E-state index is 0.0227. The molecule has 2 aromatic rings. The van der Waals surface area contributed by atoms with Gasteiger partial charge in [-0.15, -0.1) is 5.10 Å². The Morgan fingerprint density at radius 2 is 2.00 bits per heavy atom. The van der Waals surface area contributed by atoms with E-state index in [-0.39, 0.29) is 6.03 Å². The summed E-state index contributed by atoms with van der Waals surface area (Å²) in [6.07, 6.45) is 5.72. The van der Waals surface area contributed by atoms with Crippen LogP contribution in [0.25, 0.3) is 0 Å². The van der Waals surface area contributed by atoms with Crippen LogP contribution in [0.15, 0.2) is 36.7 Å². The molecule has 8 nitrogen and oxygen atoms in total. The van der Waals surface area contributed by atoms with E-state index < -0.39 is 0 Å². The first-order chi connectivity index (χ1) is 14.3. The summed E-state index contributed by atoms with van der Waals surface area (Å²) < 4.78 is 7.30. The average Bonchev–Trinajstić information content (AvgIpc) is 3.27. The Balaban J connectivity index is 1.30. The summed E-state index contributed by atoms with van der Waals surface area (Å²) in [5.74, 6) is 0.421. The van der Waals surface area contributed by atoms with E-state index in [0.717, 1.165) is 65.3 Å². The van der Waals surface area contributed by atoms with Gasteiger partial charge in [0, 0.05) is 52.0 Å². The van der Waals surface area contributed by atoms with Gasteiger partial charge in [0.2, 0.25) is 0 Å². The molecule has 2 aliphatic rings. The highest BCUT2D eigenvalue weighted by molar-refractivity contribution is 5.74. The maximum atomic E-state index is 12.8. The van der Waals surface area contributed by atoms with Gasteiger partial charge in [0.25, 0.3) is 0 Å². The number of urea groups is 1. The number of amides is 2. The molecule has 1 N–H and O–H groups in total. The first kappa shape index (κ1) is 19.8. The van der Waals surface area contributed by atoms with E-state index in [9.17, 15) is 4.79 Å². The molecule has 0 saturated carbocycles. The summed E-state index contributed by atoms with van der Waals surface area (Å²) in [7, 11) is 0. The predicted octanol–water partition coefficient (Wildman–Crippen LogP) is 1.73. The van der Waals surface area contributed by atoms with E-state index in [1.807, 2.05) is 21.8 Å². The van der Waals surface area contributed by atoms with Crippen LogP contribution in [0, 0.1) is 5.92 Å². The molecule has 0 bridgehead atoms. The van der Waals surface area contributed by atoms with Crippen molar-refractivity contribution in [1.82, 2.24) is 30.1 Å². The topological polar surface area (TPSA) is 75.5 Å². The number of hydrogen-bond donors (Lipinski definition) is 1. The lowest BCUT2D eigenvalue weighted by atomic mass is 9.98. The van der Waals surface area contributed by atoms with Gasteiger partial charge in [-0.05, 0) is 29.9 Å². The molecule has 1 aromatic carbocycles. The van der Waals surface area contributed by atoms with Crippen LogP contribution in [0.3, 0.4) is 0 Å². The smallest absolute Gasteiger partial charge is 0.317 e. The van der Waals surface area contributed by atoms with Crippen molar-refractivity contribution in [1.29, 1.82) is 0 Å². The van der Waals surface area contributed by atoms with Crippen LogP contribution in [0.2, 0.25) is 0 Å². The van der Waals surface area contributed by atoms with Crippen molar-refractivity contribution in [2.24, 2.45) is 5.92 Å². The average molecular weight is 399 g/mol. The Bertz CT molecular complexity index is 775. The molecule has 0 aliphatic carbocycles. The maximum absolute atomic E-state index is 12.8. The number of aromatic nitrogens is 3. The van der Waals surface area contributed by atoms with E-state index >= 15 is 0 Å². The van der Waals surface area contributed by atoms with Crippen molar-refractivity contribution >= 4 is 6.03 Å². The summed E-state index contributed by atoms with van der Waals surface area (Å²) in [5, 5.41) is 11.0. The number of morpholine rings is 1. The lowest BCUT2D eigenvalue weighted by Gasteiger charge is -2.32. The molecule has 4 rings (SSSR count). The Morgan fingerprint density at radius 3 is 2.79 bits per heavy atom. The molecule has 1 unspecified atom stereocenters. The van der Waals surface area contributed by atoms with Crippen molar-refractivity contribution in [3.8, 4) is 0 Å². The van der Waals surface area contributed by atoms with Crippen LogP contribution in [0.1, 0.15) is 24.0 Å². The SMILES string of the molecule is O=C(NCc1ccccc1CN1CCOCC1)N1CCCC(Cn2ccnn2)C1. The van der Waals surface area contributed by atoms with Gasteiger partial charge >= 0.3 is 6.03 Å². The number of hydrogen-bond acceptors (Lipinski definition) is 5. The van der Waals surface area contributed by atoms with Crippen LogP contribution >= 0.6 is 0 Å². The third-order valence-corrected chi connectivity index (χ3v) is 5.77. The Labute approximate surface area is 171 Å². The molecule has 156 valence electrons. The zero-order valence-corrected chi connectivity index (χ0v) is 16.9. The number of rotatable bonds is 6. The Hall–Kier alpha value is -2.45. The van der Waals surface area contributed by atoms with Gasteiger partial charge in [-0.2, -0.15) is 0 Å². The molecular formula is C21H30N6O2. The second kappa shape index (κ2) is 9.84. The van der Waals surface area contributed by atoms with Gasteiger partial charge in [0.15, 0.2) is 0 Å². The van der Waals surface area contributed by atoms with E-state index in [1.54, 1.807) is 6.20 Å². The van der Waals surface area contributed by atoms with Gasteiger partial charge in [0.05, 0.1) is 19.4 Å². The molecule has 2 fully saturated rings. The molecule has 8 heteroatoms. The standard InChI is InChI=1S/C21H30N6O2/c28-21(26-8-3-4-18(15-26)16-27-9-7-23-24-27)22-14-19-5-1-2-6-20(19)17-25-10-12-29-13-11-25/h1-2,5-7,9,18H,3-4,8,10-17H2,(H,22,28). The first-order valence-electron chi connectivity index (χ1n) is 10.5. The van der Waals surface area contributed by atoms with Crippen LogP contribution in [-0.2, 0) is 24.4 Å². The number of nitrogens with zero attached hydrogens (tertiary/aromatic N) is 5. The highest BCUT2D eigenvalue weighted by Crippen LogP contribution is 2.18. The van der Waals surface area contributed by atoms with Gasteiger partial charge in [-0.1, -0.05) is 29.5 Å². The van der Waals surface area contributed by atoms with Crippen LogP contribution in [0.5, 0.6) is 0 Å². The Morgan fingerprint density at radius 1 is 1.17 bits per heavy atom. The monoisotopic (exact) mass is 398 g/mol. The first-order valence-corrected chi connectivity index (χ1v) is 10.5.